The summed E-state index contributed by atoms with van der Waals surface area (Å²) in [5.41, 5.74) is -0.386. The second kappa shape index (κ2) is 10.4. The molecule has 0 bridgehead atoms. The minimum absolute atomic E-state index is 0.0375. The summed E-state index contributed by atoms with van der Waals surface area (Å²) in [6, 6.07) is 13.9. The first-order chi connectivity index (χ1) is 16.3. The van der Waals surface area contributed by atoms with Crippen LogP contribution >= 0.6 is 0 Å². The van der Waals surface area contributed by atoms with Gasteiger partial charge in [-0.3, -0.25) is 9.59 Å². The normalized spacial score (nSPS) is 11.3. The second-order valence-electron chi connectivity index (χ2n) is 6.99. The maximum atomic E-state index is 13.5. The lowest BCUT2D eigenvalue weighted by Gasteiger charge is -2.19. The van der Waals surface area contributed by atoms with Gasteiger partial charge in [0, 0.05) is 18.2 Å². The number of benzene rings is 3. The van der Waals surface area contributed by atoms with Gasteiger partial charge in [-0.25, -0.2) is 4.79 Å². The summed E-state index contributed by atoms with van der Waals surface area (Å²) in [7, 11) is 3.90. The molecule has 3 rings (SSSR count). The molecular formula is C25H22O9. The summed E-state index contributed by atoms with van der Waals surface area (Å²) < 4.78 is 20.8. The van der Waals surface area contributed by atoms with E-state index in [-0.39, 0.29) is 39.7 Å². The van der Waals surface area contributed by atoms with Gasteiger partial charge in [-0.2, -0.15) is 0 Å². The molecule has 0 aliphatic heterocycles. The van der Waals surface area contributed by atoms with Crippen molar-refractivity contribution in [3.05, 3.63) is 77.4 Å². The molecule has 3 aromatic carbocycles. The van der Waals surface area contributed by atoms with E-state index in [0.717, 1.165) is 6.07 Å². The van der Waals surface area contributed by atoms with E-state index in [1.54, 1.807) is 18.2 Å². The standard InChI is InChI=1S/C25H22O9/c1-31-16-12-18(27)21(20(13-16)33-3)23(29)24(34-25(30)14-7-5-4-6-8-14)22(28)17-10-9-15(26)11-19(17)32-2/h4-13,24,26-27H,1-3H3. The van der Waals surface area contributed by atoms with Gasteiger partial charge >= 0.3 is 5.97 Å². The van der Waals surface area contributed by atoms with Crippen molar-refractivity contribution in [2.24, 2.45) is 0 Å². The maximum absolute atomic E-state index is 13.5. The molecule has 9 heteroatoms. The van der Waals surface area contributed by atoms with Crippen LogP contribution in [0.15, 0.2) is 60.7 Å². The summed E-state index contributed by atoms with van der Waals surface area (Å²) in [4.78, 5) is 39.7. The van der Waals surface area contributed by atoms with Crippen molar-refractivity contribution >= 4 is 17.5 Å². The van der Waals surface area contributed by atoms with Gasteiger partial charge in [0.2, 0.25) is 17.7 Å². The summed E-state index contributed by atoms with van der Waals surface area (Å²) in [6.45, 7) is 0. The number of methoxy groups -OCH3 is 3. The van der Waals surface area contributed by atoms with Crippen LogP contribution in [0, 0.1) is 0 Å². The summed E-state index contributed by atoms with van der Waals surface area (Å²) in [5.74, 6) is -3.52. The fourth-order valence-corrected chi connectivity index (χ4v) is 3.23. The molecule has 2 N–H and O–H groups in total. The van der Waals surface area contributed by atoms with E-state index in [1.807, 2.05) is 0 Å². The van der Waals surface area contributed by atoms with Gasteiger partial charge in [-0.1, -0.05) is 18.2 Å². The molecule has 0 saturated heterocycles. The quantitative estimate of drug-likeness (QED) is 0.277. The third-order valence-electron chi connectivity index (χ3n) is 4.92. The van der Waals surface area contributed by atoms with E-state index in [1.165, 1.54) is 57.7 Å². The zero-order valence-corrected chi connectivity index (χ0v) is 18.6. The number of Topliss-reactive ketones (excluding diaryl/α,β-unsaturated/α-hetero) is 2. The highest BCUT2D eigenvalue weighted by molar-refractivity contribution is 6.22. The average Bonchev–Trinajstić information content (AvgIpc) is 2.86. The third kappa shape index (κ3) is 4.93. The summed E-state index contributed by atoms with van der Waals surface area (Å²) in [5, 5.41) is 20.2. The SMILES string of the molecule is COc1cc(O)c(C(=O)C(OC(=O)c2ccccc2)C(=O)c2ccc(O)cc2OC)c(OC)c1. The van der Waals surface area contributed by atoms with Gasteiger partial charge in [-0.05, 0) is 24.3 Å². The maximum Gasteiger partial charge on any atom is 0.339 e. The lowest BCUT2D eigenvalue weighted by Crippen LogP contribution is -2.36. The average molecular weight is 466 g/mol. The molecule has 0 spiro atoms. The van der Waals surface area contributed by atoms with Gasteiger partial charge in [0.1, 0.15) is 34.3 Å². The number of hydrogen-bond donors (Lipinski definition) is 2. The molecule has 0 heterocycles. The van der Waals surface area contributed by atoms with E-state index in [0.29, 0.717) is 0 Å². The number of carbonyl (C=O) groups excluding carboxylic acids is 3. The minimum Gasteiger partial charge on any atom is -0.508 e. The number of carbonyl (C=O) groups is 3. The van der Waals surface area contributed by atoms with Crippen LogP contribution < -0.4 is 14.2 Å². The van der Waals surface area contributed by atoms with Crippen LogP contribution in [0.5, 0.6) is 28.7 Å². The fraction of sp³-hybridized carbons (Fsp3) is 0.160. The van der Waals surface area contributed by atoms with Crippen LogP contribution in [0.25, 0.3) is 0 Å². The zero-order chi connectivity index (χ0) is 24.8. The smallest absolute Gasteiger partial charge is 0.339 e. The lowest BCUT2D eigenvalue weighted by molar-refractivity contribution is 0.0272. The Labute approximate surface area is 195 Å². The number of phenolic OH excluding ortho intramolecular Hbond substituents is 2. The first kappa shape index (κ1) is 24.1. The Kier molecular flexibility index (Phi) is 7.37. The van der Waals surface area contributed by atoms with Crippen molar-refractivity contribution in [1.82, 2.24) is 0 Å². The van der Waals surface area contributed by atoms with Crippen molar-refractivity contribution in [1.29, 1.82) is 0 Å². The largest absolute Gasteiger partial charge is 0.508 e. The van der Waals surface area contributed by atoms with Crippen molar-refractivity contribution < 1.29 is 43.5 Å². The van der Waals surface area contributed by atoms with Crippen molar-refractivity contribution in [2.45, 2.75) is 6.10 Å². The third-order valence-corrected chi connectivity index (χ3v) is 4.92. The summed E-state index contributed by atoms with van der Waals surface area (Å²) >= 11 is 0. The second-order valence-corrected chi connectivity index (χ2v) is 6.99. The zero-order valence-electron chi connectivity index (χ0n) is 18.6. The van der Waals surface area contributed by atoms with Crippen LogP contribution in [-0.4, -0.2) is 55.2 Å². The first-order valence-corrected chi connectivity index (χ1v) is 9.97. The van der Waals surface area contributed by atoms with E-state index in [4.69, 9.17) is 18.9 Å². The number of aromatic hydroxyl groups is 2. The highest BCUT2D eigenvalue weighted by Crippen LogP contribution is 2.35. The van der Waals surface area contributed by atoms with E-state index >= 15 is 0 Å². The van der Waals surface area contributed by atoms with Crippen molar-refractivity contribution in [3.8, 4) is 28.7 Å². The Hall–Kier alpha value is -4.53. The molecule has 0 amide bonds. The van der Waals surface area contributed by atoms with Crippen LogP contribution in [0.2, 0.25) is 0 Å². The molecule has 0 aliphatic rings. The van der Waals surface area contributed by atoms with Gasteiger partial charge in [0.05, 0.1) is 32.5 Å². The number of esters is 1. The molecule has 0 aliphatic carbocycles. The minimum atomic E-state index is -2.00. The highest BCUT2D eigenvalue weighted by atomic mass is 16.6. The van der Waals surface area contributed by atoms with Gasteiger partial charge in [-0.15, -0.1) is 0 Å². The molecule has 176 valence electrons. The Bertz CT molecular complexity index is 1220. The fourth-order valence-electron chi connectivity index (χ4n) is 3.23. The van der Waals surface area contributed by atoms with Crippen LogP contribution in [0.3, 0.4) is 0 Å². The molecule has 1 unspecified atom stereocenters. The Balaban J connectivity index is 2.11. The molecule has 0 saturated carbocycles. The van der Waals surface area contributed by atoms with Crippen LogP contribution in [0.1, 0.15) is 31.1 Å². The van der Waals surface area contributed by atoms with E-state index in [9.17, 15) is 24.6 Å². The van der Waals surface area contributed by atoms with Crippen molar-refractivity contribution in [2.75, 3.05) is 21.3 Å². The number of ether oxygens (including phenoxy) is 4. The van der Waals surface area contributed by atoms with Gasteiger partial charge in [0.25, 0.3) is 0 Å². The first-order valence-electron chi connectivity index (χ1n) is 9.97. The molecule has 1 atom stereocenters. The molecule has 3 aromatic rings. The predicted molar refractivity (Wildman–Crippen MR) is 120 cm³/mol. The summed E-state index contributed by atoms with van der Waals surface area (Å²) in [6.07, 6.45) is -2.00. The van der Waals surface area contributed by atoms with Crippen LogP contribution in [-0.2, 0) is 4.74 Å². The molecule has 0 fully saturated rings. The number of ketones is 2. The lowest BCUT2D eigenvalue weighted by atomic mass is 9.96. The molecule has 0 aromatic heterocycles. The Morgan fingerprint density at radius 1 is 0.765 bits per heavy atom. The van der Waals surface area contributed by atoms with Gasteiger partial charge in [0.15, 0.2) is 0 Å². The monoisotopic (exact) mass is 466 g/mol. The van der Waals surface area contributed by atoms with Crippen LogP contribution in [0.4, 0.5) is 0 Å². The Morgan fingerprint density at radius 2 is 1.44 bits per heavy atom. The number of rotatable bonds is 9. The van der Waals surface area contributed by atoms with E-state index < -0.39 is 29.4 Å². The molecule has 9 nitrogen and oxygen atoms in total. The molecule has 0 radical (unpaired) electrons. The number of phenols is 2. The van der Waals surface area contributed by atoms with Gasteiger partial charge < -0.3 is 29.2 Å². The molecular weight excluding hydrogens is 444 g/mol. The van der Waals surface area contributed by atoms with E-state index in [2.05, 4.69) is 0 Å². The van der Waals surface area contributed by atoms with Crippen molar-refractivity contribution in [3.63, 3.8) is 0 Å². The highest BCUT2D eigenvalue weighted by Gasteiger charge is 2.37. The topological polar surface area (TPSA) is 129 Å². The Morgan fingerprint density at radius 3 is 2.06 bits per heavy atom. The molecule has 34 heavy (non-hydrogen) atoms. The predicted octanol–water partition coefficient (Wildman–Crippen LogP) is 3.41. The number of hydrogen-bond acceptors (Lipinski definition) is 9.